The highest BCUT2D eigenvalue weighted by Crippen LogP contribution is 2.44. The van der Waals surface area contributed by atoms with Gasteiger partial charge >= 0.3 is 18.0 Å². The molecule has 3 saturated heterocycles. The van der Waals surface area contributed by atoms with E-state index in [9.17, 15) is 19.5 Å². The third-order valence-electron chi connectivity index (χ3n) is 14.6. The summed E-state index contributed by atoms with van der Waals surface area (Å²) in [5, 5.41) is 16.2. The van der Waals surface area contributed by atoms with Crippen molar-refractivity contribution in [3.63, 3.8) is 0 Å². The van der Waals surface area contributed by atoms with Crippen molar-refractivity contribution >= 4 is 40.5 Å². The van der Waals surface area contributed by atoms with Crippen molar-refractivity contribution in [3.05, 3.63) is 66.5 Å². The molecule has 3 aliphatic heterocycles. The Morgan fingerprint density at radius 3 is 2.41 bits per heavy atom. The van der Waals surface area contributed by atoms with E-state index in [1.54, 1.807) is 31.0 Å². The number of ketones is 1. The Kier molecular flexibility index (Phi) is 17.6. The molecule has 5 heterocycles. The highest BCUT2D eigenvalue weighted by Gasteiger charge is 2.60. The average Bonchev–Trinajstić information content (AvgIpc) is 3.58. The van der Waals surface area contributed by atoms with Gasteiger partial charge in [0.1, 0.15) is 29.9 Å². The lowest BCUT2D eigenvalue weighted by Gasteiger charge is -2.48. The van der Waals surface area contributed by atoms with Gasteiger partial charge in [-0.2, -0.15) is 0 Å². The van der Waals surface area contributed by atoms with E-state index >= 15 is 4.79 Å². The monoisotopic (exact) mass is 946 g/mol. The van der Waals surface area contributed by atoms with Crippen LogP contribution in [0.25, 0.3) is 10.9 Å². The Morgan fingerprint density at radius 2 is 1.72 bits per heavy atom. The highest BCUT2D eigenvalue weighted by atomic mass is 16.7. The number of carbonyl (C=O) groups excluding carboxylic acids is 4. The quantitative estimate of drug-likeness (QED) is 0.0900. The maximum atomic E-state index is 15.0. The lowest BCUT2D eigenvalue weighted by Crippen LogP contribution is -2.61. The van der Waals surface area contributed by atoms with Crippen molar-refractivity contribution in [2.45, 2.75) is 160 Å². The third kappa shape index (κ3) is 11.8. The normalized spacial score (nSPS) is 34.0. The molecule has 3 aromatic rings. The number of hydrogen-bond acceptors (Lipinski definition) is 15. The van der Waals surface area contributed by atoms with Gasteiger partial charge in [-0.25, -0.2) is 9.78 Å². The molecule has 1 amide bonds. The van der Waals surface area contributed by atoms with Gasteiger partial charge in [0.25, 0.3) is 0 Å². The van der Waals surface area contributed by atoms with Crippen LogP contribution in [0.2, 0.25) is 0 Å². The van der Waals surface area contributed by atoms with Gasteiger partial charge in [0.05, 0.1) is 41.7 Å². The fourth-order valence-electron chi connectivity index (χ4n) is 10.8. The van der Waals surface area contributed by atoms with Crippen molar-refractivity contribution in [2.75, 3.05) is 39.6 Å². The summed E-state index contributed by atoms with van der Waals surface area (Å²) in [5.74, 6) is -3.97. The maximum Gasteiger partial charge on any atom is 0.410 e. The Balaban J connectivity index is 1.33. The molecular formula is C52H75N5O11. The van der Waals surface area contributed by atoms with Crippen molar-refractivity contribution < 1.29 is 52.7 Å². The Labute approximate surface area is 402 Å². The molecule has 16 nitrogen and oxygen atoms in total. The van der Waals surface area contributed by atoms with Gasteiger partial charge in [-0.15, -0.1) is 0 Å². The van der Waals surface area contributed by atoms with Crippen LogP contribution in [0, 0.1) is 23.7 Å². The molecule has 0 bridgehead atoms. The topological polar surface area (TPSA) is 188 Å². The van der Waals surface area contributed by atoms with E-state index in [4.69, 9.17) is 33.4 Å². The number of carbonyl (C=O) groups is 4. The van der Waals surface area contributed by atoms with E-state index in [0.717, 1.165) is 16.7 Å². The zero-order valence-corrected chi connectivity index (χ0v) is 41.9. The molecule has 0 spiro atoms. The van der Waals surface area contributed by atoms with Gasteiger partial charge in [0, 0.05) is 67.7 Å². The third-order valence-corrected chi connectivity index (χ3v) is 14.6. The Morgan fingerprint density at radius 1 is 0.985 bits per heavy atom. The number of aliphatic hydroxyl groups is 1. The van der Waals surface area contributed by atoms with E-state index in [-0.39, 0.29) is 43.7 Å². The molecule has 1 aromatic carbocycles. The van der Waals surface area contributed by atoms with Gasteiger partial charge in [0.2, 0.25) is 0 Å². The number of esters is 2. The minimum absolute atomic E-state index is 0.0233. The number of nitrogens with one attached hydrogen (secondary N) is 1. The second-order valence-electron chi connectivity index (χ2n) is 19.9. The first-order valence-corrected chi connectivity index (χ1v) is 24.4. The fourth-order valence-corrected chi connectivity index (χ4v) is 10.8. The van der Waals surface area contributed by atoms with Crippen molar-refractivity contribution in [2.24, 2.45) is 23.7 Å². The molecule has 2 aromatic heterocycles. The van der Waals surface area contributed by atoms with Gasteiger partial charge in [-0.05, 0) is 104 Å². The molecule has 0 saturated carbocycles. The number of cyclic esters (lactones) is 1. The van der Waals surface area contributed by atoms with Gasteiger partial charge in [-0.1, -0.05) is 52.0 Å². The molecule has 6 rings (SSSR count). The molecule has 3 aliphatic rings. The zero-order valence-electron chi connectivity index (χ0n) is 41.9. The molecule has 1 unspecified atom stereocenters. The summed E-state index contributed by atoms with van der Waals surface area (Å²) >= 11 is 0. The number of unbranched alkanes of at least 4 members (excludes halogenated alkanes) is 1. The number of rotatable bonds is 15. The molecule has 0 aliphatic carbocycles. The summed E-state index contributed by atoms with van der Waals surface area (Å²) in [6.45, 7) is 15.3. The summed E-state index contributed by atoms with van der Waals surface area (Å²) in [7, 11) is 5.30. The first-order valence-electron chi connectivity index (χ1n) is 24.4. The van der Waals surface area contributed by atoms with Crippen LogP contribution in [0.4, 0.5) is 10.6 Å². The molecule has 68 heavy (non-hydrogen) atoms. The number of anilines is 1. The van der Waals surface area contributed by atoms with Gasteiger partial charge in [-0.3, -0.25) is 19.4 Å². The molecule has 374 valence electrons. The second-order valence-corrected chi connectivity index (χ2v) is 19.9. The van der Waals surface area contributed by atoms with Crippen LogP contribution in [0.15, 0.2) is 60.8 Å². The number of pyridine rings is 2. The average molecular weight is 946 g/mol. The van der Waals surface area contributed by atoms with Crippen molar-refractivity contribution in [1.82, 2.24) is 19.8 Å². The van der Waals surface area contributed by atoms with Crippen molar-refractivity contribution in [1.29, 1.82) is 0 Å². The first-order chi connectivity index (χ1) is 32.3. The number of aromatic nitrogens is 2. The fraction of sp³-hybridized carbons (Fsp3) is 0.654. The summed E-state index contributed by atoms with van der Waals surface area (Å²) in [6.07, 6.45) is -2.12. The number of likely N-dealkylation sites (N-methyl/N-ethyl adjacent to an activating group) is 1. The number of nitrogens with zero attached hydrogens (tertiary/aromatic N) is 4. The van der Waals surface area contributed by atoms with Crippen LogP contribution < -0.4 is 5.32 Å². The summed E-state index contributed by atoms with van der Waals surface area (Å²) in [5.41, 5.74) is -1.13. The largest absolute Gasteiger partial charge is 0.461 e. The Bertz CT molecular complexity index is 2180. The molecule has 3 fully saturated rings. The molecule has 14 atom stereocenters. The summed E-state index contributed by atoms with van der Waals surface area (Å²) in [4.78, 5) is 70.4. The molecule has 16 heteroatoms. The van der Waals surface area contributed by atoms with Crippen LogP contribution in [-0.4, -0.2) is 143 Å². The molecule has 2 N–H and O–H groups in total. The smallest absolute Gasteiger partial charge is 0.410 e. The number of benzene rings is 1. The highest BCUT2D eigenvalue weighted by molar-refractivity contribution is 5.85. The van der Waals surface area contributed by atoms with E-state index in [2.05, 4.69) is 10.3 Å². The van der Waals surface area contributed by atoms with E-state index in [0.29, 0.717) is 37.9 Å². The Hall–Kier alpha value is -4.74. The van der Waals surface area contributed by atoms with E-state index < -0.39 is 89.7 Å². The number of hydrogen-bond donors (Lipinski definition) is 2. The lowest BCUT2D eigenvalue weighted by atomic mass is 9.73. The van der Waals surface area contributed by atoms with Crippen LogP contribution >= 0.6 is 0 Å². The number of methoxy groups -OCH3 is 1. The number of amides is 1. The lowest BCUT2D eigenvalue weighted by molar-refractivity contribution is -0.301. The second kappa shape index (κ2) is 22.8. The number of ether oxygens (including phenoxy) is 6. The van der Waals surface area contributed by atoms with Crippen LogP contribution in [-0.2, 0) is 49.2 Å². The number of aryl methyl sites for hydroxylation is 1. The predicted molar refractivity (Wildman–Crippen MR) is 256 cm³/mol. The molecule has 0 radical (unpaired) electrons. The summed E-state index contributed by atoms with van der Waals surface area (Å²) < 4.78 is 38.6. The van der Waals surface area contributed by atoms with E-state index in [1.807, 2.05) is 109 Å². The zero-order chi connectivity index (χ0) is 49.5. The molecular weight excluding hydrogens is 871 g/mol. The van der Waals surface area contributed by atoms with Gasteiger partial charge < -0.3 is 48.6 Å². The van der Waals surface area contributed by atoms with Gasteiger partial charge in [0.15, 0.2) is 11.9 Å². The predicted octanol–water partition coefficient (Wildman–Crippen LogP) is 7.00. The first kappa shape index (κ1) is 52.6. The van der Waals surface area contributed by atoms with Crippen molar-refractivity contribution in [3.8, 4) is 0 Å². The minimum atomic E-state index is -1.43. The number of aliphatic hydroxyl groups excluding tert-OH is 1. The maximum absolute atomic E-state index is 15.0. The minimum Gasteiger partial charge on any atom is -0.461 e. The summed E-state index contributed by atoms with van der Waals surface area (Å²) in [6, 6.07) is 16.2. The SMILES string of the molecule is CC[C@H]1OC(=O)[C@H](C)[C@H](OC(=O)CCc2ccccn2)[C@@H](C)[C@@H](OC2O[C@H](C)C[C@H](N(C)C)[C@H]2O)[C@](C)(OC)C[C@@H](C)C(=O)[C@H](C)[C@@H]2N(CCCCNc3ccc4ccccc4n3)C(=O)O[C@@]21C. The van der Waals surface area contributed by atoms with Crippen LogP contribution in [0.1, 0.15) is 99.6 Å². The number of para-hydroxylation sites is 1. The van der Waals surface area contributed by atoms with E-state index in [1.165, 1.54) is 7.11 Å². The van der Waals surface area contributed by atoms with Crippen LogP contribution in [0.5, 0.6) is 0 Å². The standard InChI is InChI=1S/C52H75N5O11/c1-12-40-52(8)46(57(50(62)68-52)28-18-17-27-54-41-24-22-36-19-13-14-21-38(36)55-41)33(4)43(59)31(2)30-51(7,63-11)47(67-49-44(60)39(56(9)10)29-32(3)64-49)34(5)45(35(6)48(61)65-40)66-42(58)25-23-37-20-15-16-26-53-37/h13-16,19-22,24,26,31-35,39-40,44-47,49,60H,12,17-18,23,25,27-30H2,1-11H3,(H,54,55)/t31-,32-,33+,34-,35-,39+,40-,44-,45-,46+,47-,49?,51-,52-/m1/s1. The number of fused-ring (bicyclic) bond motifs is 2. The van der Waals surface area contributed by atoms with Crippen LogP contribution in [0.3, 0.4) is 0 Å². The number of Topliss-reactive ketones (excluding diaryl/α,β-unsaturated/α-hetero) is 1.